The zero-order valence-corrected chi connectivity index (χ0v) is 19.6. The van der Waals surface area contributed by atoms with E-state index in [1.165, 1.54) is 11.3 Å². The van der Waals surface area contributed by atoms with E-state index in [0.29, 0.717) is 33.6 Å². The van der Waals surface area contributed by atoms with Gasteiger partial charge >= 0.3 is 5.91 Å². The first kappa shape index (κ1) is 24.6. The summed E-state index contributed by atoms with van der Waals surface area (Å²) in [6.45, 7) is 11.4. The predicted octanol–water partition coefficient (Wildman–Crippen LogP) is 7.57. The summed E-state index contributed by atoms with van der Waals surface area (Å²) in [6, 6.07) is 7.60. The van der Waals surface area contributed by atoms with E-state index in [-0.39, 0.29) is 12.0 Å². The second kappa shape index (κ2) is 11.6. The Morgan fingerprint density at radius 1 is 1.35 bits per heavy atom. The number of benzene rings is 1. The molecule has 2 rings (SSSR count). The van der Waals surface area contributed by atoms with Gasteiger partial charge < -0.3 is 5.32 Å². The first-order chi connectivity index (χ1) is 14.8. The highest BCUT2D eigenvalue weighted by Crippen LogP contribution is 2.38. The number of carbonyl (C=O) groups is 1. The van der Waals surface area contributed by atoms with Gasteiger partial charge in [-0.15, -0.1) is 25.5 Å². The Hall–Kier alpha value is -2.69. The van der Waals surface area contributed by atoms with Crippen molar-refractivity contribution in [3.8, 4) is 11.1 Å². The van der Waals surface area contributed by atoms with Gasteiger partial charge in [-0.1, -0.05) is 68.1 Å². The van der Waals surface area contributed by atoms with Crippen LogP contribution in [0.25, 0.3) is 11.1 Å². The van der Waals surface area contributed by atoms with Crippen molar-refractivity contribution in [1.82, 2.24) is 0 Å². The number of carbonyl (C=O) groups excluding carboxylic acids is 1. The van der Waals surface area contributed by atoms with Gasteiger partial charge in [-0.05, 0) is 29.8 Å². The highest BCUT2D eigenvalue weighted by atomic mass is 32.1. The highest BCUT2D eigenvalue weighted by molar-refractivity contribution is 7.23. The van der Waals surface area contributed by atoms with Crippen molar-refractivity contribution in [2.24, 2.45) is 5.18 Å². The second-order valence-corrected chi connectivity index (χ2v) is 8.51. The van der Waals surface area contributed by atoms with Crippen LogP contribution in [0.2, 0.25) is 0 Å². The maximum Gasteiger partial charge on any atom is 0.320 e. The quantitative estimate of drug-likeness (QED) is 0.228. The van der Waals surface area contributed by atoms with Gasteiger partial charge in [-0.25, -0.2) is 4.39 Å². The largest absolute Gasteiger partial charge is 0.348 e. The van der Waals surface area contributed by atoms with Crippen molar-refractivity contribution in [2.75, 3.05) is 5.32 Å². The Morgan fingerprint density at radius 2 is 2.03 bits per heavy atom. The van der Waals surface area contributed by atoms with Crippen LogP contribution in [0.15, 0.2) is 82.8 Å². The summed E-state index contributed by atoms with van der Waals surface area (Å²) in [6.07, 6.45) is 4.37. The lowest BCUT2D eigenvalue weighted by molar-refractivity contribution is 0.100. The maximum atomic E-state index is 15.2. The normalized spacial score (nSPS) is 12.9. The molecule has 0 radical (unpaired) electrons. The van der Waals surface area contributed by atoms with Crippen LogP contribution in [0, 0.1) is 11.8 Å². The number of nitroso groups, excluding NO2 is 1. The number of hydrogen-bond donors (Lipinski definition) is 1. The number of allylic oxidation sites excluding steroid dienone is 6. The maximum absolute atomic E-state index is 15.2. The summed E-state index contributed by atoms with van der Waals surface area (Å²) < 4.78 is 15.2. The summed E-state index contributed by atoms with van der Waals surface area (Å²) in [5.74, 6) is -0.892. The Morgan fingerprint density at radius 3 is 2.58 bits per heavy atom. The molecule has 2 atom stereocenters. The van der Waals surface area contributed by atoms with Gasteiger partial charge in [0.1, 0.15) is 11.2 Å². The fourth-order valence-corrected chi connectivity index (χ4v) is 4.21. The minimum Gasteiger partial charge on any atom is -0.348 e. The molecule has 1 N–H and O–H groups in total. The molecule has 7 heteroatoms. The molecule has 0 saturated heterocycles. The van der Waals surface area contributed by atoms with E-state index in [9.17, 15) is 9.70 Å². The van der Waals surface area contributed by atoms with Crippen molar-refractivity contribution in [2.45, 2.75) is 32.9 Å². The van der Waals surface area contributed by atoms with Crippen LogP contribution in [0.1, 0.15) is 35.7 Å². The SMILES string of the molecule is C=C/C=C(/CC(F)/C(=C/CC)Nc1scc(-c2ccc(C)cc2)c1C(=O)N=O)C(=C)P. The molecular weight excluding hydrogens is 430 g/mol. The van der Waals surface area contributed by atoms with Gasteiger partial charge in [0.05, 0.1) is 5.56 Å². The van der Waals surface area contributed by atoms with Crippen LogP contribution in [-0.4, -0.2) is 12.1 Å². The second-order valence-electron chi connectivity index (χ2n) is 6.93. The molecular formula is C24H26FN2O2PS. The number of hydrogen-bond acceptors (Lipinski definition) is 4. The average molecular weight is 457 g/mol. The number of thiophene rings is 1. The Balaban J connectivity index is 2.43. The summed E-state index contributed by atoms with van der Waals surface area (Å²) >= 11 is 1.24. The number of rotatable bonds is 10. The van der Waals surface area contributed by atoms with E-state index in [1.807, 2.05) is 38.1 Å². The summed E-state index contributed by atoms with van der Waals surface area (Å²) in [4.78, 5) is 23.4. The van der Waals surface area contributed by atoms with Crippen molar-refractivity contribution in [1.29, 1.82) is 0 Å². The molecule has 0 spiro atoms. The number of nitrogens with one attached hydrogen (secondary N) is 1. The van der Waals surface area contributed by atoms with E-state index in [1.54, 1.807) is 23.6 Å². The van der Waals surface area contributed by atoms with Gasteiger partial charge in [0, 0.05) is 28.2 Å². The Labute approximate surface area is 188 Å². The molecule has 4 nitrogen and oxygen atoms in total. The summed E-state index contributed by atoms with van der Waals surface area (Å²) in [5.41, 5.74) is 3.64. The van der Waals surface area contributed by atoms with E-state index in [0.717, 1.165) is 11.1 Å². The molecule has 31 heavy (non-hydrogen) atoms. The summed E-state index contributed by atoms with van der Waals surface area (Å²) in [7, 11) is 2.47. The minimum absolute atomic E-state index is 0.0958. The fourth-order valence-electron chi connectivity index (χ4n) is 3.01. The predicted molar refractivity (Wildman–Crippen MR) is 133 cm³/mol. The molecule has 2 aromatic rings. The number of anilines is 1. The molecule has 0 bridgehead atoms. The molecule has 2 unspecified atom stereocenters. The molecule has 0 aliphatic heterocycles. The number of alkyl halides is 1. The topological polar surface area (TPSA) is 58.5 Å². The lowest BCUT2D eigenvalue weighted by atomic mass is 10.0. The fraction of sp³-hybridized carbons (Fsp3) is 0.208. The summed E-state index contributed by atoms with van der Waals surface area (Å²) in [5, 5.41) is 8.51. The molecule has 1 heterocycles. The molecule has 162 valence electrons. The van der Waals surface area contributed by atoms with Crippen LogP contribution in [0.3, 0.4) is 0 Å². The van der Waals surface area contributed by atoms with Crippen LogP contribution >= 0.6 is 20.6 Å². The Bertz CT molecular complexity index is 1040. The van der Waals surface area contributed by atoms with Gasteiger partial charge in [0.25, 0.3) is 0 Å². The van der Waals surface area contributed by atoms with Crippen LogP contribution in [0.4, 0.5) is 9.39 Å². The lowest BCUT2D eigenvalue weighted by Gasteiger charge is -2.17. The third kappa shape index (κ3) is 6.39. The average Bonchev–Trinajstić information content (AvgIpc) is 3.16. The zero-order chi connectivity index (χ0) is 23.0. The highest BCUT2D eigenvalue weighted by Gasteiger charge is 2.24. The third-order valence-electron chi connectivity index (χ3n) is 4.60. The Kier molecular flexibility index (Phi) is 9.22. The van der Waals surface area contributed by atoms with Crippen molar-refractivity contribution in [3.63, 3.8) is 0 Å². The first-order valence-corrected chi connectivity index (χ1v) is 11.2. The molecule has 1 aromatic heterocycles. The van der Waals surface area contributed by atoms with Crippen LogP contribution < -0.4 is 5.32 Å². The van der Waals surface area contributed by atoms with Gasteiger partial charge in [-0.3, -0.25) is 4.79 Å². The number of aryl methyl sites for hydroxylation is 1. The van der Waals surface area contributed by atoms with Gasteiger partial charge in [0.2, 0.25) is 0 Å². The molecule has 0 saturated carbocycles. The molecule has 1 amide bonds. The standard InChI is InChI=1S/C24H26FN2O2PS/c1-5-7-18(16(4)30)13-20(25)21(8-6-2)26-24-22(23(28)27-29)19(14-31-24)17-11-9-15(3)10-12-17/h5,7-12,14,20,26H,1,4,6,13,30H2,2-3H3/b18-7-,21-8-. The third-order valence-corrected chi connectivity index (χ3v) is 5.87. The molecule has 0 aliphatic rings. The first-order valence-electron chi connectivity index (χ1n) is 9.76. The monoisotopic (exact) mass is 456 g/mol. The molecule has 0 aliphatic carbocycles. The molecule has 1 aromatic carbocycles. The van der Waals surface area contributed by atoms with Crippen LogP contribution in [-0.2, 0) is 0 Å². The van der Waals surface area contributed by atoms with E-state index in [2.05, 4.69) is 32.9 Å². The van der Waals surface area contributed by atoms with Crippen molar-refractivity contribution < 1.29 is 9.18 Å². The lowest BCUT2D eigenvalue weighted by Crippen LogP contribution is -2.15. The van der Waals surface area contributed by atoms with Gasteiger partial charge in [0.15, 0.2) is 0 Å². The molecule has 0 fully saturated rings. The number of halogens is 1. The van der Waals surface area contributed by atoms with Crippen molar-refractivity contribution in [3.05, 3.63) is 93.6 Å². The van der Waals surface area contributed by atoms with Crippen molar-refractivity contribution >= 4 is 31.5 Å². The van der Waals surface area contributed by atoms with Crippen LogP contribution in [0.5, 0.6) is 0 Å². The number of amides is 1. The zero-order valence-electron chi connectivity index (χ0n) is 17.7. The smallest absolute Gasteiger partial charge is 0.320 e. The van der Waals surface area contributed by atoms with Gasteiger partial charge in [-0.2, -0.15) is 0 Å². The van der Waals surface area contributed by atoms with E-state index < -0.39 is 12.1 Å². The number of nitrogens with zero attached hydrogens (tertiary/aromatic N) is 1. The minimum atomic E-state index is -1.36. The van der Waals surface area contributed by atoms with E-state index >= 15 is 4.39 Å². The van der Waals surface area contributed by atoms with E-state index in [4.69, 9.17) is 0 Å².